The molecule has 0 fully saturated rings. The maximum atomic E-state index is 13.2. The second-order valence-electron chi connectivity index (χ2n) is 3.91. The Morgan fingerprint density at radius 1 is 1.44 bits per heavy atom. The lowest BCUT2D eigenvalue weighted by Crippen LogP contribution is -2.27. The van der Waals surface area contributed by atoms with Gasteiger partial charge in [-0.05, 0) is 19.1 Å². The molecule has 3 nitrogen and oxygen atoms in total. The fraction of sp³-hybridized carbons (Fsp3) is 0.417. The van der Waals surface area contributed by atoms with Crippen LogP contribution in [-0.2, 0) is 4.79 Å². The summed E-state index contributed by atoms with van der Waals surface area (Å²) in [5.41, 5.74) is 2.03. The maximum absolute atomic E-state index is 13.2. The molecule has 0 bridgehead atoms. The Hall–Kier alpha value is -1.58. The van der Waals surface area contributed by atoms with Crippen LogP contribution in [-0.4, -0.2) is 30.8 Å². The molecule has 4 heteroatoms. The van der Waals surface area contributed by atoms with Crippen LogP contribution < -0.4 is 4.90 Å². The van der Waals surface area contributed by atoms with Gasteiger partial charge in [0.15, 0.2) is 0 Å². The number of rotatable bonds is 5. The Morgan fingerprint density at radius 2 is 2.00 bits per heavy atom. The standard InChI is InChI=1S/C12H16FNO2/c1-9-3-5-11(6-4-9)14(2)8-10(13)7-12(15)16/h3-6,10H,7-8H2,1-2H3,(H,15,16). The molecule has 0 heterocycles. The Morgan fingerprint density at radius 3 is 2.50 bits per heavy atom. The van der Waals surface area contributed by atoms with Gasteiger partial charge in [-0.15, -0.1) is 0 Å². The van der Waals surface area contributed by atoms with E-state index in [9.17, 15) is 9.18 Å². The lowest BCUT2D eigenvalue weighted by atomic mass is 10.2. The largest absolute Gasteiger partial charge is 0.481 e. The highest BCUT2D eigenvalue weighted by Gasteiger charge is 2.14. The zero-order valence-corrected chi connectivity index (χ0v) is 9.48. The predicted octanol–water partition coefficient (Wildman–Crippen LogP) is 2.24. The van der Waals surface area contributed by atoms with Gasteiger partial charge < -0.3 is 10.0 Å². The molecule has 0 aliphatic heterocycles. The summed E-state index contributed by atoms with van der Waals surface area (Å²) in [5.74, 6) is -1.11. The minimum atomic E-state index is -1.34. The number of anilines is 1. The highest BCUT2D eigenvalue weighted by molar-refractivity contribution is 5.67. The second-order valence-corrected chi connectivity index (χ2v) is 3.91. The number of hydrogen-bond acceptors (Lipinski definition) is 2. The Bertz CT molecular complexity index is 351. The van der Waals surface area contributed by atoms with E-state index in [0.29, 0.717) is 0 Å². The topological polar surface area (TPSA) is 40.5 Å². The van der Waals surface area contributed by atoms with Gasteiger partial charge in [0.1, 0.15) is 6.17 Å². The summed E-state index contributed by atoms with van der Waals surface area (Å²) in [4.78, 5) is 12.0. The summed E-state index contributed by atoms with van der Waals surface area (Å²) in [5, 5.41) is 8.45. The summed E-state index contributed by atoms with van der Waals surface area (Å²) in [6.45, 7) is 2.07. The van der Waals surface area contributed by atoms with Crippen LogP contribution in [0.2, 0.25) is 0 Å². The van der Waals surface area contributed by atoms with Crippen LogP contribution in [0.15, 0.2) is 24.3 Å². The third-order valence-corrected chi connectivity index (χ3v) is 2.34. The van der Waals surface area contributed by atoms with Gasteiger partial charge in [0.25, 0.3) is 0 Å². The molecule has 16 heavy (non-hydrogen) atoms. The molecule has 0 amide bonds. The van der Waals surface area contributed by atoms with Crippen LogP contribution in [0.5, 0.6) is 0 Å². The van der Waals surface area contributed by atoms with Crippen molar-refractivity contribution in [2.45, 2.75) is 19.5 Å². The van der Waals surface area contributed by atoms with E-state index in [1.54, 1.807) is 11.9 Å². The van der Waals surface area contributed by atoms with Crippen LogP contribution >= 0.6 is 0 Å². The van der Waals surface area contributed by atoms with Gasteiger partial charge >= 0.3 is 5.97 Å². The number of carbonyl (C=O) groups is 1. The van der Waals surface area contributed by atoms with E-state index in [4.69, 9.17) is 5.11 Å². The Kier molecular flexibility index (Phi) is 4.28. The third kappa shape index (κ3) is 3.88. The van der Waals surface area contributed by atoms with Crippen molar-refractivity contribution in [3.05, 3.63) is 29.8 Å². The van der Waals surface area contributed by atoms with Crippen molar-refractivity contribution < 1.29 is 14.3 Å². The van der Waals surface area contributed by atoms with Gasteiger partial charge in [-0.25, -0.2) is 4.39 Å². The molecular formula is C12H16FNO2. The van der Waals surface area contributed by atoms with E-state index in [1.165, 1.54) is 0 Å². The number of alkyl halides is 1. The average Bonchev–Trinajstić information content (AvgIpc) is 2.16. The number of hydrogen-bond donors (Lipinski definition) is 1. The van der Waals surface area contributed by atoms with Crippen LogP contribution in [0.1, 0.15) is 12.0 Å². The molecule has 1 aromatic rings. The van der Waals surface area contributed by atoms with E-state index in [0.717, 1.165) is 11.3 Å². The third-order valence-electron chi connectivity index (χ3n) is 2.34. The molecule has 1 N–H and O–H groups in total. The van der Waals surface area contributed by atoms with Gasteiger partial charge in [0, 0.05) is 19.3 Å². The monoisotopic (exact) mass is 225 g/mol. The molecule has 0 saturated heterocycles. The zero-order valence-electron chi connectivity index (χ0n) is 9.48. The van der Waals surface area contributed by atoms with Gasteiger partial charge in [0.2, 0.25) is 0 Å². The van der Waals surface area contributed by atoms with E-state index in [1.807, 2.05) is 31.2 Å². The summed E-state index contributed by atoms with van der Waals surface area (Å²) in [7, 11) is 1.75. The molecular weight excluding hydrogens is 209 g/mol. The normalized spacial score (nSPS) is 12.2. The van der Waals surface area contributed by atoms with Crippen LogP contribution in [0.3, 0.4) is 0 Å². The Labute approximate surface area is 94.5 Å². The van der Waals surface area contributed by atoms with Gasteiger partial charge in [-0.2, -0.15) is 0 Å². The first kappa shape index (κ1) is 12.5. The number of benzene rings is 1. The summed E-state index contributed by atoms with van der Waals surface area (Å²) < 4.78 is 13.2. The van der Waals surface area contributed by atoms with Gasteiger partial charge in [-0.1, -0.05) is 17.7 Å². The molecule has 0 aromatic heterocycles. The highest BCUT2D eigenvalue weighted by atomic mass is 19.1. The van der Waals surface area contributed by atoms with E-state index < -0.39 is 18.6 Å². The zero-order chi connectivity index (χ0) is 12.1. The Balaban J connectivity index is 2.54. The second kappa shape index (κ2) is 5.49. The van der Waals surface area contributed by atoms with Crippen LogP contribution in [0.4, 0.5) is 10.1 Å². The maximum Gasteiger partial charge on any atom is 0.306 e. The summed E-state index contributed by atoms with van der Waals surface area (Å²) in [6, 6.07) is 7.66. The number of aliphatic carboxylic acids is 1. The smallest absolute Gasteiger partial charge is 0.306 e. The molecule has 0 aliphatic rings. The number of halogens is 1. The molecule has 0 aliphatic carbocycles. The SMILES string of the molecule is Cc1ccc(N(C)CC(F)CC(=O)O)cc1. The van der Waals surface area contributed by atoms with E-state index in [-0.39, 0.29) is 6.54 Å². The first-order valence-corrected chi connectivity index (χ1v) is 5.12. The quantitative estimate of drug-likeness (QED) is 0.835. The molecule has 0 radical (unpaired) electrons. The van der Waals surface area contributed by atoms with Crippen molar-refractivity contribution in [2.24, 2.45) is 0 Å². The summed E-state index contributed by atoms with van der Waals surface area (Å²) in [6.07, 6.45) is -1.79. The summed E-state index contributed by atoms with van der Waals surface area (Å²) >= 11 is 0. The van der Waals surface area contributed by atoms with E-state index >= 15 is 0 Å². The van der Waals surface area contributed by atoms with E-state index in [2.05, 4.69) is 0 Å². The molecule has 0 spiro atoms. The van der Waals surface area contributed by atoms with Crippen molar-refractivity contribution in [2.75, 3.05) is 18.5 Å². The van der Waals surface area contributed by atoms with Crippen molar-refractivity contribution in [1.29, 1.82) is 0 Å². The van der Waals surface area contributed by atoms with Gasteiger partial charge in [0.05, 0.1) is 6.42 Å². The van der Waals surface area contributed by atoms with Crippen molar-refractivity contribution in [3.63, 3.8) is 0 Å². The molecule has 1 aromatic carbocycles. The van der Waals surface area contributed by atoms with Crippen LogP contribution in [0, 0.1) is 6.92 Å². The lowest BCUT2D eigenvalue weighted by molar-refractivity contribution is -0.138. The number of carboxylic acids is 1. The number of aryl methyl sites for hydroxylation is 1. The minimum Gasteiger partial charge on any atom is -0.481 e. The predicted molar refractivity (Wildman–Crippen MR) is 61.6 cm³/mol. The molecule has 1 rings (SSSR count). The molecule has 88 valence electrons. The first-order chi connectivity index (χ1) is 7.49. The molecule has 1 atom stereocenters. The minimum absolute atomic E-state index is 0.0926. The number of carboxylic acid groups (broad SMARTS) is 1. The van der Waals surface area contributed by atoms with Gasteiger partial charge in [-0.3, -0.25) is 4.79 Å². The fourth-order valence-electron chi connectivity index (χ4n) is 1.46. The average molecular weight is 225 g/mol. The lowest BCUT2D eigenvalue weighted by Gasteiger charge is -2.21. The highest BCUT2D eigenvalue weighted by Crippen LogP contribution is 2.14. The van der Waals surface area contributed by atoms with Crippen molar-refractivity contribution in [3.8, 4) is 0 Å². The van der Waals surface area contributed by atoms with Crippen molar-refractivity contribution >= 4 is 11.7 Å². The van der Waals surface area contributed by atoms with Crippen molar-refractivity contribution in [1.82, 2.24) is 0 Å². The molecule has 1 unspecified atom stereocenters. The van der Waals surface area contributed by atoms with Crippen LogP contribution in [0.25, 0.3) is 0 Å². The number of nitrogens with zero attached hydrogens (tertiary/aromatic N) is 1. The molecule has 0 saturated carbocycles. The fourth-order valence-corrected chi connectivity index (χ4v) is 1.46. The first-order valence-electron chi connectivity index (χ1n) is 5.12.